The Morgan fingerprint density at radius 2 is 1.82 bits per heavy atom. The molecule has 0 saturated carbocycles. The van der Waals surface area contributed by atoms with Gasteiger partial charge in [0.05, 0.1) is 0 Å². The second-order valence-electron chi connectivity index (χ2n) is 7.06. The molecule has 2 fully saturated rings. The van der Waals surface area contributed by atoms with E-state index < -0.39 is 0 Å². The van der Waals surface area contributed by atoms with Gasteiger partial charge in [0.2, 0.25) is 5.91 Å². The number of rotatable bonds is 3. The van der Waals surface area contributed by atoms with Gasteiger partial charge in [-0.3, -0.25) is 4.79 Å². The normalized spacial score (nSPS) is 21.0. The van der Waals surface area contributed by atoms with Crippen molar-refractivity contribution in [2.75, 3.05) is 26.2 Å². The lowest BCUT2D eigenvalue weighted by Crippen LogP contribution is -2.47. The molecule has 1 amide bonds. The number of carbonyl (C=O) groups is 1. The number of nitrogens with one attached hydrogen (secondary N) is 1. The first-order chi connectivity index (χ1) is 10.7. The minimum atomic E-state index is 0.340. The number of likely N-dealkylation sites (tertiary alicyclic amines) is 1. The summed E-state index contributed by atoms with van der Waals surface area (Å²) in [6.07, 6.45) is 6.50. The van der Waals surface area contributed by atoms with Gasteiger partial charge >= 0.3 is 0 Å². The van der Waals surface area contributed by atoms with Crippen molar-refractivity contribution in [1.82, 2.24) is 10.2 Å². The first-order valence-corrected chi connectivity index (χ1v) is 8.72. The Kier molecular flexibility index (Phi) is 4.82. The van der Waals surface area contributed by atoms with Crippen LogP contribution in [0.1, 0.15) is 43.2 Å². The monoisotopic (exact) mass is 300 g/mol. The van der Waals surface area contributed by atoms with Crippen LogP contribution in [0.25, 0.3) is 0 Å². The molecule has 3 rings (SSSR count). The topological polar surface area (TPSA) is 32.3 Å². The van der Waals surface area contributed by atoms with E-state index in [0.29, 0.717) is 17.7 Å². The zero-order valence-corrected chi connectivity index (χ0v) is 13.7. The average Bonchev–Trinajstić information content (AvgIpc) is 2.55. The van der Waals surface area contributed by atoms with E-state index in [9.17, 15) is 4.79 Å². The first-order valence-electron chi connectivity index (χ1n) is 8.72. The minimum absolute atomic E-state index is 0.340. The average molecular weight is 300 g/mol. The predicted octanol–water partition coefficient (Wildman–Crippen LogP) is 2.92. The summed E-state index contributed by atoms with van der Waals surface area (Å²) in [6, 6.07) is 8.39. The van der Waals surface area contributed by atoms with Crippen molar-refractivity contribution >= 4 is 5.91 Å². The molecule has 0 unspecified atom stereocenters. The highest BCUT2D eigenvalue weighted by molar-refractivity contribution is 5.76. The maximum absolute atomic E-state index is 12.5. The number of hydrogen-bond donors (Lipinski definition) is 1. The molecule has 1 N–H and O–H groups in total. The Bertz CT molecular complexity index is 510. The van der Waals surface area contributed by atoms with Crippen molar-refractivity contribution in [3.8, 4) is 0 Å². The Hall–Kier alpha value is -1.35. The molecule has 1 aromatic rings. The van der Waals surface area contributed by atoms with E-state index in [2.05, 4.69) is 41.4 Å². The van der Waals surface area contributed by atoms with Crippen LogP contribution in [-0.2, 0) is 11.2 Å². The van der Waals surface area contributed by atoms with Crippen molar-refractivity contribution in [2.24, 2.45) is 5.41 Å². The van der Waals surface area contributed by atoms with Gasteiger partial charge in [-0.05, 0) is 68.7 Å². The van der Waals surface area contributed by atoms with E-state index in [1.54, 1.807) is 0 Å². The van der Waals surface area contributed by atoms with Crippen LogP contribution in [0, 0.1) is 12.3 Å². The second kappa shape index (κ2) is 6.82. The van der Waals surface area contributed by atoms with Crippen LogP contribution < -0.4 is 5.32 Å². The molecule has 0 aliphatic carbocycles. The van der Waals surface area contributed by atoms with Crippen LogP contribution in [0.15, 0.2) is 24.3 Å². The standard InChI is InChI=1S/C19H28N2O/c1-16-4-2-3-5-17(16)6-7-18(22)21-14-10-19(11-15-21)8-12-20-13-9-19/h2-5,20H,6-15H2,1H3. The number of amides is 1. The van der Waals surface area contributed by atoms with Crippen LogP contribution in [0.3, 0.4) is 0 Å². The predicted molar refractivity (Wildman–Crippen MR) is 89.9 cm³/mol. The highest BCUT2D eigenvalue weighted by Crippen LogP contribution is 2.39. The summed E-state index contributed by atoms with van der Waals surface area (Å²) < 4.78 is 0. The molecular formula is C19H28N2O. The van der Waals surface area contributed by atoms with E-state index in [-0.39, 0.29) is 0 Å². The smallest absolute Gasteiger partial charge is 0.222 e. The molecule has 120 valence electrons. The summed E-state index contributed by atoms with van der Waals surface area (Å²) >= 11 is 0. The van der Waals surface area contributed by atoms with Crippen LogP contribution in [0.2, 0.25) is 0 Å². The van der Waals surface area contributed by atoms with Crippen LogP contribution in [0.4, 0.5) is 0 Å². The number of nitrogens with zero attached hydrogens (tertiary/aromatic N) is 1. The number of carbonyl (C=O) groups excluding carboxylic acids is 1. The molecule has 0 radical (unpaired) electrons. The third kappa shape index (κ3) is 3.52. The van der Waals surface area contributed by atoms with E-state index in [1.807, 2.05) is 0 Å². The highest BCUT2D eigenvalue weighted by atomic mass is 16.2. The molecule has 2 aliphatic rings. The van der Waals surface area contributed by atoms with Gasteiger partial charge in [0.25, 0.3) is 0 Å². The second-order valence-corrected chi connectivity index (χ2v) is 7.06. The summed E-state index contributed by atoms with van der Waals surface area (Å²) in [5.41, 5.74) is 3.13. The first kappa shape index (κ1) is 15.5. The van der Waals surface area contributed by atoms with E-state index >= 15 is 0 Å². The van der Waals surface area contributed by atoms with Crippen molar-refractivity contribution in [1.29, 1.82) is 0 Å². The van der Waals surface area contributed by atoms with Crippen LogP contribution in [0.5, 0.6) is 0 Å². The van der Waals surface area contributed by atoms with Crippen molar-refractivity contribution in [2.45, 2.75) is 45.4 Å². The highest BCUT2D eigenvalue weighted by Gasteiger charge is 2.36. The zero-order chi connectivity index (χ0) is 15.4. The maximum atomic E-state index is 12.5. The molecular weight excluding hydrogens is 272 g/mol. The van der Waals surface area contributed by atoms with Gasteiger partial charge in [-0.1, -0.05) is 24.3 Å². The molecule has 0 bridgehead atoms. The van der Waals surface area contributed by atoms with E-state index in [0.717, 1.165) is 32.6 Å². The van der Waals surface area contributed by atoms with Gasteiger partial charge in [0.1, 0.15) is 0 Å². The molecule has 2 saturated heterocycles. The molecule has 2 aliphatic heterocycles. The number of hydrogen-bond acceptors (Lipinski definition) is 2. The van der Waals surface area contributed by atoms with Gasteiger partial charge in [-0.2, -0.15) is 0 Å². The Balaban J connectivity index is 1.49. The fourth-order valence-electron chi connectivity index (χ4n) is 3.98. The SMILES string of the molecule is Cc1ccccc1CCC(=O)N1CCC2(CCNCC2)CC1. The van der Waals surface area contributed by atoms with Gasteiger partial charge in [0.15, 0.2) is 0 Å². The quantitative estimate of drug-likeness (QED) is 0.931. The molecule has 3 heteroatoms. The molecule has 0 atom stereocenters. The van der Waals surface area contributed by atoms with Gasteiger partial charge < -0.3 is 10.2 Å². The summed E-state index contributed by atoms with van der Waals surface area (Å²) in [7, 11) is 0. The number of aryl methyl sites for hydroxylation is 2. The van der Waals surface area contributed by atoms with Crippen LogP contribution >= 0.6 is 0 Å². The van der Waals surface area contributed by atoms with E-state index in [1.165, 1.54) is 36.8 Å². The Labute approximate surface area is 134 Å². The fraction of sp³-hybridized carbons (Fsp3) is 0.632. The lowest BCUT2D eigenvalue weighted by molar-refractivity contribution is -0.133. The lowest BCUT2D eigenvalue weighted by atomic mass is 9.71. The van der Waals surface area contributed by atoms with Crippen molar-refractivity contribution in [3.05, 3.63) is 35.4 Å². The largest absolute Gasteiger partial charge is 0.343 e. The number of benzene rings is 1. The molecule has 2 heterocycles. The summed E-state index contributed by atoms with van der Waals surface area (Å²) in [6.45, 7) is 6.36. The molecule has 1 spiro atoms. The van der Waals surface area contributed by atoms with Crippen LogP contribution in [-0.4, -0.2) is 37.0 Å². The van der Waals surface area contributed by atoms with Crippen molar-refractivity contribution < 1.29 is 4.79 Å². The van der Waals surface area contributed by atoms with E-state index in [4.69, 9.17) is 0 Å². The molecule has 3 nitrogen and oxygen atoms in total. The minimum Gasteiger partial charge on any atom is -0.343 e. The Morgan fingerprint density at radius 3 is 2.50 bits per heavy atom. The molecule has 1 aromatic carbocycles. The Morgan fingerprint density at radius 1 is 1.14 bits per heavy atom. The maximum Gasteiger partial charge on any atom is 0.222 e. The molecule has 0 aromatic heterocycles. The summed E-state index contributed by atoms with van der Waals surface area (Å²) in [4.78, 5) is 14.6. The third-order valence-electron chi connectivity index (χ3n) is 5.71. The number of piperidine rings is 2. The van der Waals surface area contributed by atoms with Gasteiger partial charge in [0, 0.05) is 19.5 Å². The lowest BCUT2D eigenvalue weighted by Gasteiger charge is -2.44. The summed E-state index contributed by atoms with van der Waals surface area (Å²) in [5, 5.41) is 3.45. The summed E-state index contributed by atoms with van der Waals surface area (Å²) in [5.74, 6) is 0.340. The van der Waals surface area contributed by atoms with Crippen molar-refractivity contribution in [3.63, 3.8) is 0 Å². The third-order valence-corrected chi connectivity index (χ3v) is 5.71. The van der Waals surface area contributed by atoms with Gasteiger partial charge in [-0.25, -0.2) is 0 Å². The fourth-order valence-corrected chi connectivity index (χ4v) is 3.98. The van der Waals surface area contributed by atoms with Gasteiger partial charge in [-0.15, -0.1) is 0 Å². The zero-order valence-electron chi connectivity index (χ0n) is 13.7. The molecule has 22 heavy (non-hydrogen) atoms.